The first kappa shape index (κ1) is 11.2. The van der Waals surface area contributed by atoms with E-state index in [4.69, 9.17) is 5.11 Å². The van der Waals surface area contributed by atoms with Gasteiger partial charge in [-0.25, -0.2) is 0 Å². The molecule has 0 saturated carbocycles. The van der Waals surface area contributed by atoms with Crippen LogP contribution in [0.5, 0.6) is 0 Å². The average molecular weight is 235 g/mol. The highest BCUT2D eigenvalue weighted by atomic mass is 32.2. The fourth-order valence-electron chi connectivity index (χ4n) is 1.72. The predicted molar refractivity (Wildman–Crippen MR) is 66.4 cm³/mol. The number of hydrogen-bond acceptors (Lipinski definition) is 3. The van der Waals surface area contributed by atoms with E-state index in [9.17, 15) is 4.79 Å². The molecule has 0 atom stereocenters. The van der Waals surface area contributed by atoms with Crippen LogP contribution in [-0.4, -0.2) is 28.4 Å². The second kappa shape index (κ2) is 4.70. The van der Waals surface area contributed by atoms with E-state index in [1.807, 2.05) is 6.92 Å². The lowest BCUT2D eigenvalue weighted by molar-refractivity contribution is -0.133. The SMILES string of the molecule is Cc1ccc2c(c1)C(SCC(=O)O)=NCC2. The van der Waals surface area contributed by atoms with E-state index < -0.39 is 5.97 Å². The van der Waals surface area contributed by atoms with E-state index in [-0.39, 0.29) is 5.75 Å². The van der Waals surface area contributed by atoms with Gasteiger partial charge in [-0.2, -0.15) is 0 Å². The fourth-order valence-corrected chi connectivity index (χ4v) is 2.51. The maximum Gasteiger partial charge on any atom is 0.313 e. The van der Waals surface area contributed by atoms with Gasteiger partial charge in [0.15, 0.2) is 0 Å². The zero-order valence-corrected chi connectivity index (χ0v) is 9.88. The number of fused-ring (bicyclic) bond motifs is 1. The Balaban J connectivity index is 2.25. The minimum absolute atomic E-state index is 0.0756. The lowest BCUT2D eigenvalue weighted by Gasteiger charge is -2.16. The Morgan fingerprint density at radius 3 is 3.12 bits per heavy atom. The first-order valence-electron chi connectivity index (χ1n) is 5.16. The number of aryl methyl sites for hydroxylation is 1. The third-order valence-electron chi connectivity index (χ3n) is 2.46. The van der Waals surface area contributed by atoms with Gasteiger partial charge in [0.2, 0.25) is 0 Å². The Morgan fingerprint density at radius 1 is 1.56 bits per heavy atom. The summed E-state index contributed by atoms with van der Waals surface area (Å²) in [4.78, 5) is 14.9. The van der Waals surface area contributed by atoms with Crippen LogP contribution in [0.1, 0.15) is 16.7 Å². The molecular formula is C12H13NO2S. The zero-order chi connectivity index (χ0) is 11.5. The number of carbonyl (C=O) groups is 1. The minimum atomic E-state index is -0.799. The molecule has 3 nitrogen and oxygen atoms in total. The molecule has 16 heavy (non-hydrogen) atoms. The standard InChI is InChI=1S/C12H13NO2S/c1-8-2-3-9-4-5-13-12(10(9)6-8)16-7-11(14)15/h2-3,6H,4-5,7H2,1H3,(H,14,15). The van der Waals surface area contributed by atoms with Crippen molar-refractivity contribution in [3.63, 3.8) is 0 Å². The van der Waals surface area contributed by atoms with Crippen LogP contribution in [0.15, 0.2) is 23.2 Å². The quantitative estimate of drug-likeness (QED) is 0.854. The molecule has 0 spiro atoms. The molecule has 1 aromatic rings. The number of carboxylic acid groups (broad SMARTS) is 1. The minimum Gasteiger partial charge on any atom is -0.481 e. The van der Waals surface area contributed by atoms with Gasteiger partial charge in [-0.05, 0) is 25.0 Å². The normalized spacial score (nSPS) is 14.2. The van der Waals surface area contributed by atoms with E-state index in [1.165, 1.54) is 22.9 Å². The van der Waals surface area contributed by atoms with Crippen LogP contribution >= 0.6 is 11.8 Å². The van der Waals surface area contributed by atoms with Crippen LogP contribution in [0.4, 0.5) is 0 Å². The van der Waals surface area contributed by atoms with E-state index >= 15 is 0 Å². The Bertz CT molecular complexity index is 454. The van der Waals surface area contributed by atoms with E-state index in [0.29, 0.717) is 0 Å². The van der Waals surface area contributed by atoms with Crippen molar-refractivity contribution in [3.8, 4) is 0 Å². The van der Waals surface area contributed by atoms with Crippen molar-refractivity contribution >= 4 is 22.8 Å². The topological polar surface area (TPSA) is 49.7 Å². The molecule has 0 unspecified atom stereocenters. The van der Waals surface area contributed by atoms with Gasteiger partial charge in [0.05, 0.1) is 10.8 Å². The Morgan fingerprint density at radius 2 is 2.38 bits per heavy atom. The molecule has 1 aromatic carbocycles. The van der Waals surface area contributed by atoms with Gasteiger partial charge in [0.25, 0.3) is 0 Å². The van der Waals surface area contributed by atoms with Gasteiger partial charge in [-0.3, -0.25) is 9.79 Å². The number of rotatable bonds is 2. The lowest BCUT2D eigenvalue weighted by Crippen LogP contribution is -2.12. The van der Waals surface area contributed by atoms with E-state index in [2.05, 4.69) is 23.2 Å². The largest absolute Gasteiger partial charge is 0.481 e. The lowest BCUT2D eigenvalue weighted by atomic mass is 10.0. The Hall–Kier alpha value is -1.29. The highest BCUT2D eigenvalue weighted by molar-refractivity contribution is 8.14. The van der Waals surface area contributed by atoms with Crippen molar-refractivity contribution < 1.29 is 9.90 Å². The molecule has 0 saturated heterocycles. The summed E-state index contributed by atoms with van der Waals surface area (Å²) in [5.74, 6) is -0.723. The molecule has 0 radical (unpaired) electrons. The van der Waals surface area contributed by atoms with Gasteiger partial charge in [0.1, 0.15) is 0 Å². The van der Waals surface area contributed by atoms with E-state index in [1.54, 1.807) is 0 Å². The molecule has 4 heteroatoms. The van der Waals surface area contributed by atoms with Crippen LogP contribution in [-0.2, 0) is 11.2 Å². The molecule has 2 rings (SSSR count). The van der Waals surface area contributed by atoms with Crippen LogP contribution in [0, 0.1) is 6.92 Å². The average Bonchev–Trinajstić information content (AvgIpc) is 2.26. The summed E-state index contributed by atoms with van der Waals surface area (Å²) in [6.07, 6.45) is 0.951. The second-order valence-corrected chi connectivity index (χ2v) is 4.74. The summed E-state index contributed by atoms with van der Waals surface area (Å²) in [5.41, 5.74) is 3.57. The van der Waals surface area contributed by atoms with Crippen molar-refractivity contribution in [1.82, 2.24) is 0 Å². The van der Waals surface area contributed by atoms with Gasteiger partial charge < -0.3 is 5.11 Å². The molecule has 84 valence electrons. The van der Waals surface area contributed by atoms with Gasteiger partial charge >= 0.3 is 5.97 Å². The number of nitrogens with zero attached hydrogens (tertiary/aromatic N) is 1. The molecule has 0 aromatic heterocycles. The maximum atomic E-state index is 10.5. The molecule has 1 heterocycles. The van der Waals surface area contributed by atoms with Crippen LogP contribution in [0.2, 0.25) is 0 Å². The van der Waals surface area contributed by atoms with Gasteiger partial charge in [-0.1, -0.05) is 29.5 Å². The Labute approximate surface area is 98.6 Å². The number of aliphatic carboxylic acids is 1. The summed E-state index contributed by atoms with van der Waals surface area (Å²) in [7, 11) is 0. The molecule has 1 aliphatic heterocycles. The molecule has 1 aliphatic rings. The number of thioether (sulfide) groups is 1. The van der Waals surface area contributed by atoms with Crippen molar-refractivity contribution in [1.29, 1.82) is 0 Å². The number of hydrogen-bond donors (Lipinski definition) is 1. The van der Waals surface area contributed by atoms with Crippen molar-refractivity contribution in [2.75, 3.05) is 12.3 Å². The smallest absolute Gasteiger partial charge is 0.313 e. The maximum absolute atomic E-state index is 10.5. The number of benzene rings is 1. The summed E-state index contributed by atoms with van der Waals surface area (Å²) >= 11 is 1.31. The highest BCUT2D eigenvalue weighted by Gasteiger charge is 2.15. The second-order valence-electron chi connectivity index (χ2n) is 3.78. The predicted octanol–water partition coefficient (Wildman–Crippen LogP) is 2.12. The summed E-state index contributed by atoms with van der Waals surface area (Å²) < 4.78 is 0. The third kappa shape index (κ3) is 2.44. The fraction of sp³-hybridized carbons (Fsp3) is 0.333. The monoisotopic (exact) mass is 235 g/mol. The zero-order valence-electron chi connectivity index (χ0n) is 9.06. The molecule has 0 aliphatic carbocycles. The summed E-state index contributed by atoms with van der Waals surface area (Å²) in [5, 5.41) is 9.54. The first-order valence-corrected chi connectivity index (χ1v) is 6.14. The van der Waals surface area contributed by atoms with E-state index in [0.717, 1.165) is 23.6 Å². The van der Waals surface area contributed by atoms with Crippen molar-refractivity contribution in [2.45, 2.75) is 13.3 Å². The highest BCUT2D eigenvalue weighted by Crippen LogP contribution is 2.23. The van der Waals surface area contributed by atoms with Crippen LogP contribution in [0.3, 0.4) is 0 Å². The number of carboxylic acids is 1. The Kier molecular flexibility index (Phi) is 3.29. The first-order chi connectivity index (χ1) is 7.66. The van der Waals surface area contributed by atoms with Crippen LogP contribution in [0.25, 0.3) is 0 Å². The molecule has 0 amide bonds. The third-order valence-corrected chi connectivity index (χ3v) is 3.48. The molecular weight excluding hydrogens is 222 g/mol. The molecule has 0 fully saturated rings. The van der Waals surface area contributed by atoms with Crippen molar-refractivity contribution in [3.05, 3.63) is 34.9 Å². The van der Waals surface area contributed by atoms with Crippen molar-refractivity contribution in [2.24, 2.45) is 4.99 Å². The molecule has 0 bridgehead atoms. The van der Waals surface area contributed by atoms with Gasteiger partial charge in [0, 0.05) is 12.1 Å². The van der Waals surface area contributed by atoms with Crippen LogP contribution < -0.4 is 0 Å². The van der Waals surface area contributed by atoms with Gasteiger partial charge in [-0.15, -0.1) is 0 Å². The molecule has 1 N–H and O–H groups in total. The number of aliphatic imine (C=N–C) groups is 1. The summed E-state index contributed by atoms with van der Waals surface area (Å²) in [6, 6.07) is 6.28. The summed E-state index contributed by atoms with van der Waals surface area (Å²) in [6.45, 7) is 2.80.